The van der Waals surface area contributed by atoms with Crippen molar-refractivity contribution in [3.63, 3.8) is 0 Å². The minimum Gasteiger partial charge on any atom is -0.492 e. The zero-order valence-corrected chi connectivity index (χ0v) is 10.5. The van der Waals surface area contributed by atoms with Gasteiger partial charge in [0.05, 0.1) is 6.61 Å². The van der Waals surface area contributed by atoms with Crippen molar-refractivity contribution < 1.29 is 9.47 Å². The van der Waals surface area contributed by atoms with Gasteiger partial charge >= 0.3 is 0 Å². The highest BCUT2D eigenvalue weighted by atomic mass is 16.5. The van der Waals surface area contributed by atoms with Crippen LogP contribution >= 0.6 is 0 Å². The van der Waals surface area contributed by atoms with Crippen LogP contribution in [0.2, 0.25) is 0 Å². The molecule has 0 N–H and O–H groups in total. The number of ether oxygens (including phenoxy) is 2. The first-order valence-corrected chi connectivity index (χ1v) is 5.46. The Labute approximate surface area is 94.3 Å². The van der Waals surface area contributed by atoms with Gasteiger partial charge in [-0.1, -0.05) is 39.5 Å². The zero-order valence-electron chi connectivity index (χ0n) is 10.5. The number of rotatable bonds is 7. The molecule has 0 aliphatic carbocycles. The van der Waals surface area contributed by atoms with Gasteiger partial charge in [0.1, 0.15) is 12.4 Å². The third-order valence-corrected chi connectivity index (χ3v) is 1.36. The van der Waals surface area contributed by atoms with Gasteiger partial charge in [-0.05, 0) is 18.6 Å². The maximum absolute atomic E-state index is 5.43. The second-order valence-corrected chi connectivity index (χ2v) is 2.45. The van der Waals surface area contributed by atoms with Crippen LogP contribution in [-0.2, 0) is 9.47 Å². The van der Waals surface area contributed by atoms with Gasteiger partial charge in [0.15, 0.2) is 0 Å². The van der Waals surface area contributed by atoms with Crippen molar-refractivity contribution in [2.75, 3.05) is 20.3 Å². The van der Waals surface area contributed by atoms with E-state index in [-0.39, 0.29) is 0 Å². The second-order valence-electron chi connectivity index (χ2n) is 2.45. The molecular formula is C13H24O2. The Balaban J connectivity index is 0. The first-order valence-electron chi connectivity index (χ1n) is 5.46. The summed E-state index contributed by atoms with van der Waals surface area (Å²) in [7, 11) is 1.66. The molecule has 0 saturated carbocycles. The summed E-state index contributed by atoms with van der Waals surface area (Å²) in [4.78, 5) is 0. The summed E-state index contributed by atoms with van der Waals surface area (Å²) in [5.74, 6) is 0.874. The Morgan fingerprint density at radius 3 is 2.40 bits per heavy atom. The van der Waals surface area contributed by atoms with Crippen molar-refractivity contribution in [1.82, 2.24) is 0 Å². The van der Waals surface area contributed by atoms with Crippen molar-refractivity contribution in [2.24, 2.45) is 0 Å². The highest BCUT2D eigenvalue weighted by molar-refractivity contribution is 5.15. The van der Waals surface area contributed by atoms with E-state index in [1.165, 1.54) is 0 Å². The fourth-order valence-corrected chi connectivity index (χ4v) is 0.782. The molecule has 2 nitrogen and oxygen atoms in total. The first kappa shape index (κ1) is 16.4. The van der Waals surface area contributed by atoms with Crippen LogP contribution in [0.1, 0.15) is 27.2 Å². The maximum atomic E-state index is 5.43. The van der Waals surface area contributed by atoms with E-state index in [2.05, 4.69) is 13.5 Å². The zero-order chi connectivity index (χ0) is 11.9. The molecule has 0 bridgehead atoms. The fraction of sp³-hybridized carbons (Fsp3) is 0.538. The van der Waals surface area contributed by atoms with Gasteiger partial charge in [0, 0.05) is 7.11 Å². The molecule has 0 fully saturated rings. The molecule has 0 aromatic carbocycles. The Bertz CT molecular complexity index is 181. The standard InChI is InChI=1S/C11H18O2.C2H6/c1-4-6-8-11(7-5-2)13-10-9-12-3;1-2/h4,6-8H,1,5,9-10H2,2-3H3;1-2H3/b8-6-,11-7+;. The van der Waals surface area contributed by atoms with Crippen LogP contribution in [-0.4, -0.2) is 20.3 Å². The van der Waals surface area contributed by atoms with Gasteiger partial charge in [0.25, 0.3) is 0 Å². The normalized spacial score (nSPS) is 10.8. The van der Waals surface area contributed by atoms with E-state index < -0.39 is 0 Å². The Hall–Kier alpha value is -1.02. The summed E-state index contributed by atoms with van der Waals surface area (Å²) in [5.41, 5.74) is 0. The summed E-state index contributed by atoms with van der Waals surface area (Å²) in [5, 5.41) is 0. The summed E-state index contributed by atoms with van der Waals surface area (Å²) < 4.78 is 10.3. The van der Waals surface area contributed by atoms with Crippen molar-refractivity contribution in [3.8, 4) is 0 Å². The lowest BCUT2D eigenvalue weighted by Crippen LogP contribution is -2.00. The van der Waals surface area contributed by atoms with Crippen molar-refractivity contribution in [3.05, 3.63) is 36.6 Å². The van der Waals surface area contributed by atoms with Crippen LogP contribution in [0.5, 0.6) is 0 Å². The molecule has 2 heteroatoms. The van der Waals surface area contributed by atoms with Crippen LogP contribution in [0.25, 0.3) is 0 Å². The van der Waals surface area contributed by atoms with Gasteiger partial charge < -0.3 is 9.47 Å². The molecule has 0 aliphatic heterocycles. The molecule has 0 radical (unpaired) electrons. The Morgan fingerprint density at radius 1 is 1.27 bits per heavy atom. The van der Waals surface area contributed by atoms with E-state index in [1.807, 2.05) is 32.1 Å². The number of hydrogen-bond acceptors (Lipinski definition) is 2. The molecule has 0 rings (SSSR count). The van der Waals surface area contributed by atoms with E-state index in [0.717, 1.165) is 12.2 Å². The molecule has 0 atom stereocenters. The van der Waals surface area contributed by atoms with Gasteiger partial charge in [-0.25, -0.2) is 0 Å². The lowest BCUT2D eigenvalue weighted by Gasteiger charge is -2.05. The van der Waals surface area contributed by atoms with Gasteiger partial charge in [-0.3, -0.25) is 0 Å². The lowest BCUT2D eigenvalue weighted by atomic mass is 10.3. The fourth-order valence-electron chi connectivity index (χ4n) is 0.782. The molecule has 0 spiro atoms. The lowest BCUT2D eigenvalue weighted by molar-refractivity contribution is 0.114. The highest BCUT2D eigenvalue weighted by Gasteiger charge is 1.90. The monoisotopic (exact) mass is 212 g/mol. The third kappa shape index (κ3) is 13.0. The summed E-state index contributed by atoms with van der Waals surface area (Å²) in [6.45, 7) is 10.9. The molecular weight excluding hydrogens is 188 g/mol. The maximum Gasteiger partial charge on any atom is 0.115 e. The van der Waals surface area contributed by atoms with E-state index >= 15 is 0 Å². The van der Waals surface area contributed by atoms with Crippen molar-refractivity contribution in [1.29, 1.82) is 0 Å². The van der Waals surface area contributed by atoms with Crippen LogP contribution in [0.4, 0.5) is 0 Å². The summed E-state index contributed by atoms with van der Waals surface area (Å²) >= 11 is 0. The molecule has 0 aliphatic rings. The topological polar surface area (TPSA) is 18.5 Å². The minimum absolute atomic E-state index is 0.587. The van der Waals surface area contributed by atoms with E-state index in [4.69, 9.17) is 9.47 Å². The van der Waals surface area contributed by atoms with Crippen molar-refractivity contribution >= 4 is 0 Å². The number of methoxy groups -OCH3 is 1. The molecule has 0 amide bonds. The largest absolute Gasteiger partial charge is 0.492 e. The number of allylic oxidation sites excluding steroid dienone is 4. The van der Waals surface area contributed by atoms with Gasteiger partial charge in [-0.15, -0.1) is 0 Å². The molecule has 0 heterocycles. The molecule has 88 valence electrons. The minimum atomic E-state index is 0.587. The third-order valence-electron chi connectivity index (χ3n) is 1.36. The molecule has 0 unspecified atom stereocenters. The summed E-state index contributed by atoms with van der Waals surface area (Å²) in [6.07, 6.45) is 8.46. The number of hydrogen-bond donors (Lipinski definition) is 0. The van der Waals surface area contributed by atoms with Crippen LogP contribution in [0.3, 0.4) is 0 Å². The predicted molar refractivity (Wildman–Crippen MR) is 66.9 cm³/mol. The average molecular weight is 212 g/mol. The predicted octanol–water partition coefficient (Wildman–Crippen LogP) is 3.71. The van der Waals surface area contributed by atoms with E-state index in [1.54, 1.807) is 13.2 Å². The van der Waals surface area contributed by atoms with E-state index in [0.29, 0.717) is 13.2 Å². The van der Waals surface area contributed by atoms with Crippen LogP contribution < -0.4 is 0 Å². The molecule has 0 aromatic rings. The Kier molecular flexibility index (Phi) is 16.9. The first-order chi connectivity index (χ1) is 7.35. The van der Waals surface area contributed by atoms with Crippen molar-refractivity contribution in [2.45, 2.75) is 27.2 Å². The van der Waals surface area contributed by atoms with E-state index in [9.17, 15) is 0 Å². The van der Waals surface area contributed by atoms with Gasteiger partial charge in [-0.2, -0.15) is 0 Å². The SMILES string of the molecule is C=C/C=C\C(=C/CC)OCCOC.CC. The molecule has 0 saturated heterocycles. The molecule has 15 heavy (non-hydrogen) atoms. The molecule has 0 aromatic heterocycles. The average Bonchev–Trinajstić information content (AvgIpc) is 2.29. The highest BCUT2D eigenvalue weighted by Crippen LogP contribution is 2.01. The van der Waals surface area contributed by atoms with Gasteiger partial charge in [0.2, 0.25) is 0 Å². The summed E-state index contributed by atoms with van der Waals surface area (Å²) in [6, 6.07) is 0. The smallest absolute Gasteiger partial charge is 0.115 e. The quantitative estimate of drug-likeness (QED) is 0.364. The second kappa shape index (κ2) is 15.5. The Morgan fingerprint density at radius 2 is 1.93 bits per heavy atom. The van der Waals surface area contributed by atoms with Crippen LogP contribution in [0.15, 0.2) is 36.6 Å². The van der Waals surface area contributed by atoms with Crippen LogP contribution in [0, 0.1) is 0 Å².